The molecule has 0 bridgehead atoms. The van der Waals surface area contributed by atoms with Gasteiger partial charge in [-0.2, -0.15) is 5.10 Å². The Morgan fingerprint density at radius 2 is 2.28 bits per heavy atom. The lowest BCUT2D eigenvalue weighted by atomic mass is 10.1. The zero-order valence-corrected chi connectivity index (χ0v) is 10.8. The van der Waals surface area contributed by atoms with Crippen LogP contribution in [-0.4, -0.2) is 16.1 Å². The van der Waals surface area contributed by atoms with Crippen LogP contribution in [0.4, 0.5) is 5.82 Å². The minimum absolute atomic E-state index is 0.105. The molecule has 1 heterocycles. The standard InChI is InChI=1S/C13H14ClN3O/c1-2-11-8-12(17-16-11)15-13(18)7-9-4-3-5-10(14)6-9/h3-6,8H,2,7H2,1H3,(H2,15,16,17,18). The van der Waals surface area contributed by atoms with Gasteiger partial charge in [0, 0.05) is 16.8 Å². The molecule has 1 aromatic heterocycles. The number of anilines is 1. The van der Waals surface area contributed by atoms with Gasteiger partial charge < -0.3 is 5.32 Å². The Labute approximate surface area is 110 Å². The van der Waals surface area contributed by atoms with Gasteiger partial charge in [-0.25, -0.2) is 0 Å². The molecule has 5 heteroatoms. The molecule has 2 aromatic rings. The highest BCUT2D eigenvalue weighted by Gasteiger charge is 2.06. The highest BCUT2D eigenvalue weighted by Crippen LogP contribution is 2.12. The zero-order chi connectivity index (χ0) is 13.0. The van der Waals surface area contributed by atoms with E-state index in [-0.39, 0.29) is 12.3 Å². The van der Waals surface area contributed by atoms with Crippen LogP contribution in [0.25, 0.3) is 0 Å². The summed E-state index contributed by atoms with van der Waals surface area (Å²) in [6, 6.07) is 9.09. The van der Waals surface area contributed by atoms with Gasteiger partial charge in [-0.15, -0.1) is 0 Å². The molecule has 0 aliphatic carbocycles. The number of rotatable bonds is 4. The van der Waals surface area contributed by atoms with Crippen molar-refractivity contribution in [3.8, 4) is 0 Å². The van der Waals surface area contributed by atoms with Crippen molar-refractivity contribution in [2.24, 2.45) is 0 Å². The third-order valence-electron chi connectivity index (χ3n) is 2.53. The van der Waals surface area contributed by atoms with Crippen molar-refractivity contribution in [1.82, 2.24) is 10.2 Å². The number of hydrogen-bond donors (Lipinski definition) is 2. The number of aryl methyl sites for hydroxylation is 1. The van der Waals surface area contributed by atoms with Crippen LogP contribution < -0.4 is 5.32 Å². The predicted molar refractivity (Wildman–Crippen MR) is 71.8 cm³/mol. The first-order chi connectivity index (χ1) is 8.67. The minimum atomic E-state index is -0.105. The highest BCUT2D eigenvalue weighted by atomic mass is 35.5. The predicted octanol–water partition coefficient (Wildman–Crippen LogP) is 2.81. The van der Waals surface area contributed by atoms with E-state index >= 15 is 0 Å². The average molecular weight is 264 g/mol. The smallest absolute Gasteiger partial charge is 0.229 e. The first-order valence-electron chi connectivity index (χ1n) is 5.76. The molecule has 4 nitrogen and oxygen atoms in total. The molecule has 0 atom stereocenters. The van der Waals surface area contributed by atoms with Gasteiger partial charge in [0.25, 0.3) is 0 Å². The summed E-state index contributed by atoms with van der Waals surface area (Å²) in [4.78, 5) is 11.8. The van der Waals surface area contributed by atoms with E-state index in [9.17, 15) is 4.79 Å². The average Bonchev–Trinajstić information content (AvgIpc) is 2.76. The number of nitrogens with zero attached hydrogens (tertiary/aromatic N) is 1. The van der Waals surface area contributed by atoms with Crippen LogP contribution in [0.15, 0.2) is 30.3 Å². The van der Waals surface area contributed by atoms with Crippen LogP contribution in [0.2, 0.25) is 5.02 Å². The van der Waals surface area contributed by atoms with E-state index in [2.05, 4.69) is 15.5 Å². The van der Waals surface area contributed by atoms with Gasteiger partial charge in [0.05, 0.1) is 6.42 Å². The lowest BCUT2D eigenvalue weighted by Gasteiger charge is -2.02. The van der Waals surface area contributed by atoms with Gasteiger partial charge in [0.2, 0.25) is 5.91 Å². The van der Waals surface area contributed by atoms with Crippen molar-refractivity contribution in [3.63, 3.8) is 0 Å². The number of H-pyrrole nitrogens is 1. The summed E-state index contributed by atoms with van der Waals surface area (Å²) >= 11 is 5.86. The van der Waals surface area contributed by atoms with Gasteiger partial charge in [0.1, 0.15) is 0 Å². The molecule has 18 heavy (non-hydrogen) atoms. The molecule has 2 rings (SSSR count). The monoisotopic (exact) mass is 263 g/mol. The van der Waals surface area contributed by atoms with E-state index < -0.39 is 0 Å². The number of amides is 1. The molecule has 1 aromatic carbocycles. The van der Waals surface area contributed by atoms with Gasteiger partial charge >= 0.3 is 0 Å². The topological polar surface area (TPSA) is 57.8 Å². The molecule has 0 saturated carbocycles. The first kappa shape index (κ1) is 12.6. The van der Waals surface area contributed by atoms with Crippen LogP contribution in [-0.2, 0) is 17.6 Å². The number of carbonyl (C=O) groups excluding carboxylic acids is 1. The summed E-state index contributed by atoms with van der Waals surface area (Å²) in [5.74, 6) is 0.449. The Bertz CT molecular complexity index is 551. The molecule has 0 radical (unpaired) electrons. The summed E-state index contributed by atoms with van der Waals surface area (Å²) in [6.07, 6.45) is 1.14. The van der Waals surface area contributed by atoms with Gasteiger partial charge in [0.15, 0.2) is 5.82 Å². The Morgan fingerprint density at radius 1 is 1.44 bits per heavy atom. The van der Waals surface area contributed by atoms with Crippen LogP contribution in [0.5, 0.6) is 0 Å². The van der Waals surface area contributed by atoms with Crippen LogP contribution in [0.1, 0.15) is 18.2 Å². The molecule has 0 spiro atoms. The summed E-state index contributed by atoms with van der Waals surface area (Å²) in [6.45, 7) is 2.02. The molecule has 0 unspecified atom stereocenters. The summed E-state index contributed by atoms with van der Waals surface area (Å²) in [7, 11) is 0. The maximum absolute atomic E-state index is 11.8. The normalized spacial score (nSPS) is 10.3. The second-order valence-electron chi connectivity index (χ2n) is 3.99. The molecule has 94 valence electrons. The molecule has 0 fully saturated rings. The van der Waals surface area contributed by atoms with E-state index in [0.29, 0.717) is 10.8 Å². The third kappa shape index (κ3) is 3.34. The second kappa shape index (κ2) is 5.69. The van der Waals surface area contributed by atoms with Gasteiger partial charge in [-0.05, 0) is 24.1 Å². The number of halogens is 1. The number of aromatic nitrogens is 2. The minimum Gasteiger partial charge on any atom is -0.309 e. The van der Waals surface area contributed by atoms with Gasteiger partial charge in [-0.3, -0.25) is 9.89 Å². The number of hydrogen-bond acceptors (Lipinski definition) is 2. The van der Waals surface area contributed by atoms with Crippen molar-refractivity contribution >= 4 is 23.3 Å². The number of carbonyl (C=O) groups is 1. The summed E-state index contributed by atoms with van der Waals surface area (Å²) in [5.41, 5.74) is 1.87. The molecular weight excluding hydrogens is 250 g/mol. The van der Waals surface area contributed by atoms with E-state index in [0.717, 1.165) is 17.7 Å². The Hall–Kier alpha value is -1.81. The Kier molecular flexibility index (Phi) is 3.99. The quantitative estimate of drug-likeness (QED) is 0.891. The lowest BCUT2D eigenvalue weighted by molar-refractivity contribution is -0.115. The van der Waals surface area contributed by atoms with Crippen molar-refractivity contribution in [2.75, 3.05) is 5.32 Å². The van der Waals surface area contributed by atoms with E-state index in [1.54, 1.807) is 12.1 Å². The zero-order valence-electron chi connectivity index (χ0n) is 10.0. The Balaban J connectivity index is 1.96. The van der Waals surface area contributed by atoms with Crippen molar-refractivity contribution in [1.29, 1.82) is 0 Å². The van der Waals surface area contributed by atoms with E-state index in [1.165, 1.54) is 0 Å². The van der Waals surface area contributed by atoms with Gasteiger partial charge in [-0.1, -0.05) is 30.7 Å². The van der Waals surface area contributed by atoms with Crippen molar-refractivity contribution in [2.45, 2.75) is 19.8 Å². The third-order valence-corrected chi connectivity index (χ3v) is 2.77. The molecule has 1 amide bonds. The van der Waals surface area contributed by atoms with E-state index in [4.69, 9.17) is 11.6 Å². The number of aromatic amines is 1. The van der Waals surface area contributed by atoms with Crippen LogP contribution in [0.3, 0.4) is 0 Å². The fraction of sp³-hybridized carbons (Fsp3) is 0.231. The van der Waals surface area contributed by atoms with Crippen LogP contribution >= 0.6 is 11.6 Å². The maximum atomic E-state index is 11.8. The fourth-order valence-corrected chi connectivity index (χ4v) is 1.84. The summed E-state index contributed by atoms with van der Waals surface area (Å²) < 4.78 is 0. The molecule has 0 aliphatic rings. The Morgan fingerprint density at radius 3 is 2.94 bits per heavy atom. The lowest BCUT2D eigenvalue weighted by Crippen LogP contribution is -2.14. The fourth-order valence-electron chi connectivity index (χ4n) is 1.63. The first-order valence-corrected chi connectivity index (χ1v) is 6.13. The highest BCUT2D eigenvalue weighted by molar-refractivity contribution is 6.30. The molecular formula is C13H14ClN3O. The second-order valence-corrected chi connectivity index (χ2v) is 4.42. The molecule has 0 saturated heterocycles. The number of nitrogens with one attached hydrogen (secondary N) is 2. The number of benzene rings is 1. The maximum Gasteiger partial charge on any atom is 0.229 e. The van der Waals surface area contributed by atoms with Crippen LogP contribution in [0, 0.1) is 0 Å². The van der Waals surface area contributed by atoms with Crippen molar-refractivity contribution in [3.05, 3.63) is 46.6 Å². The molecule has 2 N–H and O–H groups in total. The SMILES string of the molecule is CCc1cc(NC(=O)Cc2cccc(Cl)c2)n[nH]1. The van der Waals surface area contributed by atoms with Crippen molar-refractivity contribution < 1.29 is 4.79 Å². The molecule has 0 aliphatic heterocycles. The largest absolute Gasteiger partial charge is 0.309 e. The van der Waals surface area contributed by atoms with E-state index in [1.807, 2.05) is 25.1 Å². The summed E-state index contributed by atoms with van der Waals surface area (Å²) in [5, 5.41) is 10.2.